The zero-order chi connectivity index (χ0) is 26.5. The maximum absolute atomic E-state index is 11.6. The molecule has 39 heavy (non-hydrogen) atoms. The number of fused-ring (bicyclic) bond motifs is 5. The van der Waals surface area contributed by atoms with E-state index in [4.69, 9.17) is 0 Å². The van der Waals surface area contributed by atoms with Crippen molar-refractivity contribution in [1.29, 1.82) is 0 Å². The molecular weight excluding hydrogens is 504 g/mol. The molecule has 2 atom stereocenters. The zero-order valence-electron chi connectivity index (χ0n) is 21.5. The Balaban J connectivity index is 1.24. The number of thiazole rings is 1. The van der Waals surface area contributed by atoms with Crippen molar-refractivity contribution in [2.24, 2.45) is 0 Å². The van der Waals surface area contributed by atoms with Crippen molar-refractivity contribution in [3.05, 3.63) is 101 Å². The number of hydrogen-bond acceptors (Lipinski definition) is 4. The molecule has 5 nitrogen and oxygen atoms in total. The van der Waals surface area contributed by atoms with Crippen LogP contribution in [0.2, 0.25) is 0 Å². The highest BCUT2D eigenvalue weighted by Crippen LogP contribution is 2.52. The van der Waals surface area contributed by atoms with Gasteiger partial charge in [0.05, 0.1) is 6.61 Å². The number of anilines is 2. The van der Waals surface area contributed by atoms with Crippen molar-refractivity contribution in [3.63, 3.8) is 0 Å². The molecule has 2 unspecified atom stereocenters. The minimum absolute atomic E-state index is 0.0557. The summed E-state index contributed by atoms with van der Waals surface area (Å²) in [6.45, 7) is -0.000149. The van der Waals surface area contributed by atoms with E-state index in [0.29, 0.717) is 12.0 Å². The van der Waals surface area contributed by atoms with E-state index >= 15 is 0 Å². The molecule has 5 aromatic rings. The maximum atomic E-state index is 11.6. The third-order valence-electron chi connectivity index (χ3n) is 8.22. The lowest BCUT2D eigenvalue weighted by atomic mass is 9.96. The van der Waals surface area contributed by atoms with E-state index in [1.165, 1.54) is 41.6 Å². The van der Waals surface area contributed by atoms with Gasteiger partial charge >= 0.3 is 5.97 Å². The Morgan fingerprint density at radius 2 is 1.82 bits per heavy atom. The lowest BCUT2D eigenvalue weighted by Crippen LogP contribution is -2.39. The Morgan fingerprint density at radius 1 is 0.974 bits per heavy atom. The summed E-state index contributed by atoms with van der Waals surface area (Å²) in [6, 6.07) is 28.0. The molecule has 2 N–H and O–H groups in total. The van der Waals surface area contributed by atoms with Crippen LogP contribution in [0.1, 0.15) is 46.9 Å². The summed E-state index contributed by atoms with van der Waals surface area (Å²) in [7, 11) is 0. The number of carboxylic acid groups (broad SMARTS) is 1. The standard InChI is InChI=1S/C33H28N2O3S/c36-20-22-8-11-24-18-25(13-12-23(24)16-22)35-28-6-3-4-26(28)27-17-21(9-14-29(27)35)10-15-32-34(19-33(37)38)30-5-1-2-7-31(30)39-32/h1-2,5,7-18,26,28,36H,3-4,6,19-20H2/p+1. The fourth-order valence-electron chi connectivity index (χ4n) is 6.49. The second-order valence-corrected chi connectivity index (χ2v) is 11.6. The monoisotopic (exact) mass is 533 g/mol. The van der Waals surface area contributed by atoms with E-state index in [-0.39, 0.29) is 13.2 Å². The molecule has 0 bridgehead atoms. The van der Waals surface area contributed by atoms with Crippen molar-refractivity contribution in [2.75, 3.05) is 4.90 Å². The average Bonchev–Trinajstić information content (AvgIpc) is 3.64. The number of rotatable bonds is 6. The summed E-state index contributed by atoms with van der Waals surface area (Å²) in [5, 5.41) is 22.3. The van der Waals surface area contributed by atoms with E-state index in [0.717, 1.165) is 31.7 Å². The number of hydrogen-bond donors (Lipinski definition) is 2. The van der Waals surface area contributed by atoms with E-state index < -0.39 is 5.97 Å². The number of aromatic nitrogens is 1. The molecule has 1 aromatic heterocycles. The maximum Gasteiger partial charge on any atom is 0.370 e. The number of nitrogens with zero attached hydrogens (tertiary/aromatic N) is 2. The Bertz CT molecular complexity index is 1770. The van der Waals surface area contributed by atoms with Gasteiger partial charge < -0.3 is 15.1 Å². The summed E-state index contributed by atoms with van der Waals surface area (Å²) >= 11 is 1.62. The second kappa shape index (κ2) is 9.63. The summed E-state index contributed by atoms with van der Waals surface area (Å²) in [6.07, 6.45) is 7.78. The van der Waals surface area contributed by atoms with Gasteiger partial charge in [0.1, 0.15) is 4.70 Å². The van der Waals surface area contributed by atoms with Gasteiger partial charge in [-0.2, -0.15) is 4.57 Å². The number of carbonyl (C=O) groups is 1. The highest BCUT2D eigenvalue weighted by atomic mass is 32.1. The predicted molar refractivity (Wildman–Crippen MR) is 157 cm³/mol. The van der Waals surface area contributed by atoms with Crippen LogP contribution in [0.15, 0.2) is 78.9 Å². The van der Waals surface area contributed by atoms with Gasteiger partial charge in [-0.15, -0.1) is 0 Å². The van der Waals surface area contributed by atoms with Crippen molar-refractivity contribution >= 4 is 61.8 Å². The Kier molecular flexibility index (Phi) is 5.94. The fraction of sp³-hybridized carbons (Fsp3) is 0.212. The highest BCUT2D eigenvalue weighted by molar-refractivity contribution is 7.18. The first kappa shape index (κ1) is 24.1. The molecule has 0 saturated heterocycles. The Labute approximate surface area is 230 Å². The number of aliphatic hydroxyl groups is 1. The van der Waals surface area contributed by atoms with Crippen molar-refractivity contribution in [3.8, 4) is 0 Å². The smallest absolute Gasteiger partial charge is 0.370 e. The van der Waals surface area contributed by atoms with Crippen LogP contribution in [0.5, 0.6) is 0 Å². The lowest BCUT2D eigenvalue weighted by Gasteiger charge is -2.27. The molecule has 2 heterocycles. The normalized spacial score (nSPS) is 18.3. The minimum Gasteiger partial charge on any atom is -0.477 e. The molecule has 6 heteroatoms. The first-order chi connectivity index (χ1) is 19.1. The van der Waals surface area contributed by atoms with Crippen LogP contribution in [0.4, 0.5) is 11.4 Å². The number of aliphatic hydroxyl groups excluding tert-OH is 1. The van der Waals surface area contributed by atoms with Gasteiger partial charge in [0.2, 0.25) is 12.1 Å². The number of aliphatic carboxylic acids is 1. The molecule has 194 valence electrons. The van der Waals surface area contributed by atoms with Gasteiger partial charge in [-0.05, 0) is 82.8 Å². The molecule has 4 aromatic carbocycles. The molecule has 1 fully saturated rings. The first-order valence-electron chi connectivity index (χ1n) is 13.5. The van der Waals surface area contributed by atoms with Crippen LogP contribution >= 0.6 is 11.3 Å². The first-order valence-corrected chi connectivity index (χ1v) is 14.3. The minimum atomic E-state index is -0.842. The zero-order valence-corrected chi connectivity index (χ0v) is 22.3. The largest absolute Gasteiger partial charge is 0.477 e. The van der Waals surface area contributed by atoms with Gasteiger partial charge in [0.25, 0.3) is 5.01 Å². The molecule has 1 aliphatic heterocycles. The van der Waals surface area contributed by atoms with Crippen molar-refractivity contribution in [2.45, 2.75) is 44.4 Å². The summed E-state index contributed by atoms with van der Waals surface area (Å²) in [5.74, 6) is -0.326. The van der Waals surface area contributed by atoms with Gasteiger partial charge in [0, 0.05) is 35.5 Å². The van der Waals surface area contributed by atoms with E-state index in [2.05, 4.69) is 65.6 Å². The number of carboxylic acids is 1. The van der Waals surface area contributed by atoms with Crippen LogP contribution in [0.3, 0.4) is 0 Å². The average molecular weight is 534 g/mol. The Morgan fingerprint density at radius 3 is 2.69 bits per heavy atom. The number of para-hydroxylation sites is 1. The quantitative estimate of drug-likeness (QED) is 0.234. The predicted octanol–water partition coefficient (Wildman–Crippen LogP) is 6.88. The Hall–Kier alpha value is -4.00. The fourth-order valence-corrected chi connectivity index (χ4v) is 7.55. The molecule has 2 aliphatic rings. The molecule has 0 spiro atoms. The third-order valence-corrected chi connectivity index (χ3v) is 9.35. The highest BCUT2D eigenvalue weighted by Gasteiger charge is 2.42. The van der Waals surface area contributed by atoms with Gasteiger partial charge in [0.15, 0.2) is 0 Å². The van der Waals surface area contributed by atoms with E-state index in [1.54, 1.807) is 11.3 Å². The second-order valence-electron chi connectivity index (χ2n) is 10.5. The summed E-state index contributed by atoms with van der Waals surface area (Å²) in [5.41, 5.74) is 6.93. The van der Waals surface area contributed by atoms with Crippen LogP contribution in [0.25, 0.3) is 33.1 Å². The molecule has 7 rings (SSSR count). The lowest BCUT2D eigenvalue weighted by molar-refractivity contribution is -0.657. The van der Waals surface area contributed by atoms with Crippen molar-refractivity contribution in [1.82, 2.24) is 0 Å². The van der Waals surface area contributed by atoms with Gasteiger partial charge in [-0.25, -0.2) is 4.79 Å². The topological polar surface area (TPSA) is 64.7 Å². The summed E-state index contributed by atoms with van der Waals surface area (Å²) < 4.78 is 2.96. The molecule has 1 aliphatic carbocycles. The van der Waals surface area contributed by atoms with E-state index in [1.807, 2.05) is 34.9 Å². The molecule has 0 radical (unpaired) electrons. The summed E-state index contributed by atoms with van der Waals surface area (Å²) in [4.78, 5) is 14.1. The van der Waals surface area contributed by atoms with Crippen LogP contribution in [0, 0.1) is 0 Å². The third kappa shape index (κ3) is 4.20. The number of benzene rings is 4. The van der Waals surface area contributed by atoms with Crippen LogP contribution in [-0.4, -0.2) is 22.2 Å². The molecular formula is C33H29N2O3S+. The van der Waals surface area contributed by atoms with Gasteiger partial charge in [-0.1, -0.05) is 54.2 Å². The molecule has 1 saturated carbocycles. The van der Waals surface area contributed by atoms with Crippen molar-refractivity contribution < 1.29 is 19.6 Å². The van der Waals surface area contributed by atoms with Crippen LogP contribution in [-0.2, 0) is 17.9 Å². The van der Waals surface area contributed by atoms with Gasteiger partial charge in [-0.3, -0.25) is 0 Å². The SMILES string of the molecule is O=C(O)C[n+]1c(/C=C/c2ccc3c(c2)C2CCCC2N3c2ccc3cc(CO)ccc3c2)sc2ccccc21. The van der Waals surface area contributed by atoms with E-state index in [9.17, 15) is 15.0 Å². The molecule has 0 amide bonds. The van der Waals surface area contributed by atoms with Crippen LogP contribution < -0.4 is 9.47 Å².